The summed E-state index contributed by atoms with van der Waals surface area (Å²) in [6.45, 7) is 3.32. The number of benzene rings is 1. The quantitative estimate of drug-likeness (QED) is 0.574. The minimum Gasteiger partial charge on any atom is -0.497 e. The molecular formula is C17H20Cl2N4O3. The standard InChI is InChI=1S/C17H20Cl2N4O3/c1-10(9-24)21-17(25)23(12-4-6-13(26-3)7-5-12)11(2)14-8-20-16(19)22-15(14)18/h4-8,10-11,24H,9H2,1-3H3,(H,21,25)/t10?,11-/m0/s1. The Morgan fingerprint density at radius 3 is 2.50 bits per heavy atom. The van der Waals surface area contributed by atoms with Crippen molar-refractivity contribution in [2.75, 3.05) is 18.6 Å². The number of urea groups is 1. The zero-order valence-electron chi connectivity index (χ0n) is 14.6. The molecule has 2 aromatic rings. The molecule has 0 aliphatic carbocycles. The predicted molar refractivity (Wildman–Crippen MR) is 101 cm³/mol. The third-order valence-electron chi connectivity index (χ3n) is 3.79. The van der Waals surface area contributed by atoms with E-state index in [1.54, 1.807) is 45.2 Å². The molecule has 0 aliphatic rings. The minimum atomic E-state index is -0.487. The van der Waals surface area contributed by atoms with Crippen molar-refractivity contribution in [3.05, 3.63) is 46.5 Å². The Morgan fingerprint density at radius 2 is 1.96 bits per heavy atom. The second-order valence-corrected chi connectivity index (χ2v) is 6.36. The van der Waals surface area contributed by atoms with E-state index in [0.29, 0.717) is 17.0 Å². The summed E-state index contributed by atoms with van der Waals surface area (Å²) >= 11 is 11.9. The number of aromatic nitrogens is 2. The molecule has 0 saturated heterocycles. The van der Waals surface area contributed by atoms with Gasteiger partial charge in [-0.05, 0) is 49.7 Å². The fourth-order valence-electron chi connectivity index (χ4n) is 2.36. The molecule has 1 aromatic heterocycles. The average Bonchev–Trinajstić information content (AvgIpc) is 2.62. The van der Waals surface area contributed by atoms with E-state index in [1.165, 1.54) is 11.1 Å². The number of rotatable bonds is 6. The number of anilines is 1. The number of nitrogens with zero attached hydrogens (tertiary/aromatic N) is 3. The van der Waals surface area contributed by atoms with Gasteiger partial charge in [-0.2, -0.15) is 0 Å². The molecule has 1 unspecified atom stereocenters. The van der Waals surface area contributed by atoms with E-state index >= 15 is 0 Å². The fourth-order valence-corrected chi connectivity index (χ4v) is 2.82. The Bertz CT molecular complexity index is 758. The van der Waals surface area contributed by atoms with Gasteiger partial charge < -0.3 is 15.2 Å². The molecule has 0 saturated carbocycles. The van der Waals surface area contributed by atoms with Crippen LogP contribution in [0.2, 0.25) is 10.4 Å². The maximum Gasteiger partial charge on any atom is 0.322 e. The van der Waals surface area contributed by atoms with Gasteiger partial charge in [-0.25, -0.2) is 14.8 Å². The summed E-state index contributed by atoms with van der Waals surface area (Å²) in [5.74, 6) is 0.665. The summed E-state index contributed by atoms with van der Waals surface area (Å²) in [5, 5.41) is 12.2. The fraction of sp³-hybridized carbons (Fsp3) is 0.353. The van der Waals surface area contributed by atoms with Gasteiger partial charge >= 0.3 is 6.03 Å². The second kappa shape index (κ2) is 9.02. The number of nitrogens with one attached hydrogen (secondary N) is 1. The van der Waals surface area contributed by atoms with Crippen LogP contribution in [-0.4, -0.2) is 40.9 Å². The largest absolute Gasteiger partial charge is 0.497 e. The zero-order valence-corrected chi connectivity index (χ0v) is 16.1. The van der Waals surface area contributed by atoms with Crippen LogP contribution in [0.5, 0.6) is 5.75 Å². The Morgan fingerprint density at radius 1 is 1.31 bits per heavy atom. The average molecular weight is 399 g/mol. The van der Waals surface area contributed by atoms with Crippen molar-refractivity contribution in [2.45, 2.75) is 25.9 Å². The van der Waals surface area contributed by atoms with Gasteiger partial charge in [0.05, 0.1) is 25.8 Å². The van der Waals surface area contributed by atoms with Crippen LogP contribution < -0.4 is 15.0 Å². The molecule has 1 heterocycles. The van der Waals surface area contributed by atoms with Crippen LogP contribution in [-0.2, 0) is 0 Å². The van der Waals surface area contributed by atoms with Gasteiger partial charge in [-0.1, -0.05) is 11.6 Å². The highest BCUT2D eigenvalue weighted by atomic mass is 35.5. The third kappa shape index (κ3) is 4.75. The monoisotopic (exact) mass is 398 g/mol. The van der Waals surface area contributed by atoms with E-state index in [-0.39, 0.29) is 17.0 Å². The highest BCUT2D eigenvalue weighted by molar-refractivity contribution is 6.32. The van der Waals surface area contributed by atoms with Crippen LogP contribution in [0.3, 0.4) is 0 Å². The van der Waals surface area contributed by atoms with E-state index in [1.807, 2.05) is 0 Å². The van der Waals surface area contributed by atoms with Crippen LogP contribution in [0.1, 0.15) is 25.5 Å². The molecule has 9 heteroatoms. The van der Waals surface area contributed by atoms with Crippen molar-refractivity contribution in [3.8, 4) is 5.75 Å². The van der Waals surface area contributed by atoms with Gasteiger partial charge in [-0.15, -0.1) is 0 Å². The van der Waals surface area contributed by atoms with Crippen LogP contribution in [0.15, 0.2) is 30.5 Å². The van der Waals surface area contributed by atoms with Gasteiger partial charge in [0.1, 0.15) is 10.9 Å². The lowest BCUT2D eigenvalue weighted by Gasteiger charge is -2.31. The molecule has 2 N–H and O–H groups in total. The first-order chi connectivity index (χ1) is 12.4. The lowest BCUT2D eigenvalue weighted by Crippen LogP contribution is -2.46. The topological polar surface area (TPSA) is 87.6 Å². The molecule has 0 spiro atoms. The van der Waals surface area contributed by atoms with Gasteiger partial charge in [0.15, 0.2) is 0 Å². The molecule has 0 fully saturated rings. The molecule has 26 heavy (non-hydrogen) atoms. The van der Waals surface area contributed by atoms with Crippen LogP contribution in [0.25, 0.3) is 0 Å². The molecular weight excluding hydrogens is 379 g/mol. The Kier molecular flexibility index (Phi) is 7.02. The second-order valence-electron chi connectivity index (χ2n) is 5.66. The number of aliphatic hydroxyl groups excluding tert-OH is 1. The van der Waals surface area contributed by atoms with E-state index in [4.69, 9.17) is 27.9 Å². The molecule has 7 nitrogen and oxygen atoms in total. The maximum atomic E-state index is 12.8. The van der Waals surface area contributed by atoms with Crippen molar-refractivity contribution in [1.82, 2.24) is 15.3 Å². The van der Waals surface area contributed by atoms with Gasteiger partial charge in [0.25, 0.3) is 0 Å². The van der Waals surface area contributed by atoms with Crippen molar-refractivity contribution in [1.29, 1.82) is 0 Å². The normalized spacial score (nSPS) is 13.0. The molecule has 0 bridgehead atoms. The van der Waals surface area contributed by atoms with E-state index in [9.17, 15) is 9.90 Å². The summed E-state index contributed by atoms with van der Waals surface area (Å²) in [7, 11) is 1.57. The number of ether oxygens (including phenoxy) is 1. The first-order valence-electron chi connectivity index (χ1n) is 7.90. The number of aliphatic hydroxyl groups is 1. The number of carbonyl (C=O) groups excluding carboxylic acids is 1. The number of halogens is 2. The maximum absolute atomic E-state index is 12.8. The summed E-state index contributed by atoms with van der Waals surface area (Å²) in [6, 6.07) is 5.71. The first-order valence-corrected chi connectivity index (χ1v) is 8.65. The van der Waals surface area contributed by atoms with Gasteiger partial charge in [0, 0.05) is 17.4 Å². The smallest absolute Gasteiger partial charge is 0.322 e. The summed E-state index contributed by atoms with van der Waals surface area (Å²) in [6.07, 6.45) is 1.49. The summed E-state index contributed by atoms with van der Waals surface area (Å²) in [4.78, 5) is 22.2. The molecule has 140 valence electrons. The Balaban J connectivity index is 2.42. The lowest BCUT2D eigenvalue weighted by molar-refractivity contribution is 0.223. The SMILES string of the molecule is COc1ccc(N(C(=O)NC(C)CO)[C@@H](C)c2cnc(Cl)nc2Cl)cc1. The number of methoxy groups -OCH3 is 1. The number of amides is 2. The Labute approximate surface area is 161 Å². The van der Waals surface area contributed by atoms with Crippen molar-refractivity contribution < 1.29 is 14.6 Å². The molecule has 0 aliphatic heterocycles. The third-order valence-corrected chi connectivity index (χ3v) is 4.27. The van der Waals surface area contributed by atoms with Crippen LogP contribution >= 0.6 is 23.2 Å². The number of carbonyl (C=O) groups is 1. The number of hydrogen-bond acceptors (Lipinski definition) is 5. The van der Waals surface area contributed by atoms with Crippen LogP contribution in [0.4, 0.5) is 10.5 Å². The van der Waals surface area contributed by atoms with Crippen molar-refractivity contribution in [3.63, 3.8) is 0 Å². The van der Waals surface area contributed by atoms with Crippen LogP contribution in [0, 0.1) is 0 Å². The molecule has 0 radical (unpaired) electrons. The molecule has 2 rings (SSSR count). The zero-order chi connectivity index (χ0) is 19.3. The number of hydrogen-bond donors (Lipinski definition) is 2. The Hall–Kier alpha value is -2.09. The molecule has 2 atom stereocenters. The van der Waals surface area contributed by atoms with Gasteiger partial charge in [-0.3, -0.25) is 4.90 Å². The predicted octanol–water partition coefficient (Wildman–Crippen LogP) is 3.45. The van der Waals surface area contributed by atoms with Crippen molar-refractivity contribution >= 4 is 34.9 Å². The molecule has 1 aromatic carbocycles. The highest BCUT2D eigenvalue weighted by Crippen LogP contribution is 2.31. The van der Waals surface area contributed by atoms with E-state index in [0.717, 1.165) is 0 Å². The van der Waals surface area contributed by atoms with Gasteiger partial charge in [0.2, 0.25) is 5.28 Å². The highest BCUT2D eigenvalue weighted by Gasteiger charge is 2.26. The van der Waals surface area contributed by atoms with Crippen molar-refractivity contribution in [2.24, 2.45) is 0 Å². The molecule has 2 amide bonds. The minimum absolute atomic E-state index is 0.0281. The summed E-state index contributed by atoms with van der Waals surface area (Å²) < 4.78 is 5.16. The summed E-state index contributed by atoms with van der Waals surface area (Å²) in [5.41, 5.74) is 1.16. The van der Waals surface area contributed by atoms with E-state index < -0.39 is 18.1 Å². The lowest BCUT2D eigenvalue weighted by atomic mass is 10.1. The first kappa shape index (κ1) is 20.2. The van der Waals surface area contributed by atoms with E-state index in [2.05, 4.69) is 15.3 Å².